The van der Waals surface area contributed by atoms with Crippen LogP contribution in [0.2, 0.25) is 0 Å². The molecule has 1 aromatic heterocycles. The highest BCUT2D eigenvalue weighted by Gasteiger charge is 2.13. The van der Waals surface area contributed by atoms with Gasteiger partial charge in [0.25, 0.3) is 0 Å². The Labute approximate surface area is 97.7 Å². The number of hydrogen-bond donors (Lipinski definition) is 1. The van der Waals surface area contributed by atoms with Crippen molar-refractivity contribution in [3.05, 3.63) is 23.9 Å². The summed E-state index contributed by atoms with van der Waals surface area (Å²) in [4.78, 5) is 6.96. The van der Waals surface area contributed by atoms with Gasteiger partial charge in [0, 0.05) is 19.3 Å². The van der Waals surface area contributed by atoms with E-state index in [4.69, 9.17) is 5.73 Å². The van der Waals surface area contributed by atoms with E-state index < -0.39 is 0 Å². The first kappa shape index (κ1) is 11.4. The molecule has 0 bridgehead atoms. The minimum Gasteiger partial charge on any atom is -0.356 e. The topological polar surface area (TPSA) is 42.1 Å². The van der Waals surface area contributed by atoms with Crippen molar-refractivity contribution in [1.82, 2.24) is 4.98 Å². The van der Waals surface area contributed by atoms with Gasteiger partial charge in [0.1, 0.15) is 5.82 Å². The van der Waals surface area contributed by atoms with Crippen LogP contribution < -0.4 is 10.6 Å². The van der Waals surface area contributed by atoms with E-state index in [9.17, 15) is 0 Å². The average Bonchev–Trinajstić information content (AvgIpc) is 2.59. The molecule has 88 valence electrons. The summed E-state index contributed by atoms with van der Waals surface area (Å²) in [6, 6.07) is 4.16. The van der Waals surface area contributed by atoms with Crippen molar-refractivity contribution in [3.63, 3.8) is 0 Å². The molecule has 1 aliphatic heterocycles. The molecule has 0 aromatic carbocycles. The van der Waals surface area contributed by atoms with E-state index in [0.717, 1.165) is 25.3 Å². The second-order valence-electron chi connectivity index (χ2n) is 4.43. The zero-order chi connectivity index (χ0) is 11.2. The second kappa shape index (κ2) is 5.85. The van der Waals surface area contributed by atoms with E-state index in [0.29, 0.717) is 6.54 Å². The lowest BCUT2D eigenvalue weighted by molar-refractivity contribution is 0.726. The van der Waals surface area contributed by atoms with E-state index in [2.05, 4.69) is 16.0 Å². The van der Waals surface area contributed by atoms with Crippen LogP contribution >= 0.6 is 0 Å². The average molecular weight is 219 g/mol. The van der Waals surface area contributed by atoms with Gasteiger partial charge in [-0.3, -0.25) is 0 Å². The Balaban J connectivity index is 2.16. The Morgan fingerprint density at radius 1 is 1.19 bits per heavy atom. The molecule has 2 rings (SSSR count). The summed E-state index contributed by atoms with van der Waals surface area (Å²) in [7, 11) is 0. The van der Waals surface area contributed by atoms with E-state index in [1.54, 1.807) is 0 Å². The third-order valence-corrected chi connectivity index (χ3v) is 3.19. The van der Waals surface area contributed by atoms with Gasteiger partial charge >= 0.3 is 0 Å². The maximum Gasteiger partial charge on any atom is 0.131 e. The number of nitrogens with zero attached hydrogens (tertiary/aromatic N) is 2. The molecule has 1 aromatic rings. The van der Waals surface area contributed by atoms with Crippen LogP contribution in [0.25, 0.3) is 0 Å². The molecule has 2 N–H and O–H groups in total. The zero-order valence-electron chi connectivity index (χ0n) is 9.86. The van der Waals surface area contributed by atoms with Crippen molar-refractivity contribution in [1.29, 1.82) is 0 Å². The van der Waals surface area contributed by atoms with E-state index >= 15 is 0 Å². The number of aromatic nitrogens is 1. The molecule has 1 fully saturated rings. The quantitative estimate of drug-likeness (QED) is 0.845. The summed E-state index contributed by atoms with van der Waals surface area (Å²) < 4.78 is 0. The standard InChI is InChI=1S/C13H21N3/c14-8-7-12-6-5-9-15-13(12)16-10-3-1-2-4-11-16/h5-6,9H,1-4,7-8,10-11,14H2. The smallest absolute Gasteiger partial charge is 0.131 e. The first-order valence-corrected chi connectivity index (χ1v) is 6.31. The number of anilines is 1. The van der Waals surface area contributed by atoms with Crippen LogP contribution in [0.3, 0.4) is 0 Å². The fraction of sp³-hybridized carbons (Fsp3) is 0.615. The van der Waals surface area contributed by atoms with Crippen LogP contribution in [0.4, 0.5) is 5.82 Å². The second-order valence-corrected chi connectivity index (χ2v) is 4.43. The van der Waals surface area contributed by atoms with E-state index in [1.165, 1.54) is 31.2 Å². The molecule has 3 heteroatoms. The summed E-state index contributed by atoms with van der Waals surface area (Å²) in [6.45, 7) is 3.00. The van der Waals surface area contributed by atoms with Crippen LogP contribution in [0.15, 0.2) is 18.3 Å². The largest absolute Gasteiger partial charge is 0.356 e. The molecule has 0 radical (unpaired) electrons. The highest BCUT2D eigenvalue weighted by molar-refractivity contribution is 5.46. The van der Waals surface area contributed by atoms with Gasteiger partial charge < -0.3 is 10.6 Å². The molecule has 0 saturated carbocycles. The van der Waals surface area contributed by atoms with Gasteiger partial charge in [0.2, 0.25) is 0 Å². The van der Waals surface area contributed by atoms with Crippen molar-refractivity contribution in [2.24, 2.45) is 5.73 Å². The first-order valence-electron chi connectivity index (χ1n) is 6.31. The van der Waals surface area contributed by atoms with Crippen molar-refractivity contribution in [2.75, 3.05) is 24.5 Å². The highest BCUT2D eigenvalue weighted by atomic mass is 15.2. The summed E-state index contributed by atoms with van der Waals surface area (Å²) >= 11 is 0. The fourth-order valence-corrected chi connectivity index (χ4v) is 2.35. The summed E-state index contributed by atoms with van der Waals surface area (Å²) in [6.07, 6.45) is 8.11. The van der Waals surface area contributed by atoms with Gasteiger partial charge in [-0.15, -0.1) is 0 Å². The van der Waals surface area contributed by atoms with Crippen molar-refractivity contribution in [3.8, 4) is 0 Å². The molecular weight excluding hydrogens is 198 g/mol. The van der Waals surface area contributed by atoms with Crippen LogP contribution in [-0.2, 0) is 6.42 Å². The Morgan fingerprint density at radius 3 is 2.62 bits per heavy atom. The maximum atomic E-state index is 5.64. The van der Waals surface area contributed by atoms with Gasteiger partial charge in [0.15, 0.2) is 0 Å². The minimum absolute atomic E-state index is 0.701. The Kier molecular flexibility index (Phi) is 4.17. The van der Waals surface area contributed by atoms with E-state index in [1.807, 2.05) is 12.3 Å². The van der Waals surface area contributed by atoms with Crippen LogP contribution in [0.5, 0.6) is 0 Å². The monoisotopic (exact) mass is 219 g/mol. The third kappa shape index (κ3) is 2.73. The molecule has 2 heterocycles. The molecular formula is C13H21N3. The number of nitrogens with two attached hydrogens (primary N) is 1. The van der Waals surface area contributed by atoms with Gasteiger partial charge in [-0.1, -0.05) is 18.9 Å². The molecule has 16 heavy (non-hydrogen) atoms. The van der Waals surface area contributed by atoms with Crippen LogP contribution in [0, 0.1) is 0 Å². The number of rotatable bonds is 3. The van der Waals surface area contributed by atoms with Gasteiger partial charge in [-0.2, -0.15) is 0 Å². The van der Waals surface area contributed by atoms with Gasteiger partial charge in [-0.25, -0.2) is 4.98 Å². The summed E-state index contributed by atoms with van der Waals surface area (Å²) in [5, 5.41) is 0. The van der Waals surface area contributed by atoms with Gasteiger partial charge in [-0.05, 0) is 37.4 Å². The maximum absolute atomic E-state index is 5.64. The third-order valence-electron chi connectivity index (χ3n) is 3.19. The van der Waals surface area contributed by atoms with Crippen molar-refractivity contribution in [2.45, 2.75) is 32.1 Å². The lowest BCUT2D eigenvalue weighted by Crippen LogP contribution is -2.26. The summed E-state index contributed by atoms with van der Waals surface area (Å²) in [5.74, 6) is 1.16. The Hall–Kier alpha value is -1.09. The van der Waals surface area contributed by atoms with Crippen LogP contribution in [-0.4, -0.2) is 24.6 Å². The van der Waals surface area contributed by atoms with Gasteiger partial charge in [0.05, 0.1) is 0 Å². The SMILES string of the molecule is NCCc1cccnc1N1CCCCCC1. The molecule has 0 unspecified atom stereocenters. The van der Waals surface area contributed by atoms with Crippen molar-refractivity contribution >= 4 is 5.82 Å². The predicted molar refractivity (Wildman–Crippen MR) is 67.7 cm³/mol. The molecule has 0 amide bonds. The zero-order valence-corrected chi connectivity index (χ0v) is 9.86. The lowest BCUT2D eigenvalue weighted by Gasteiger charge is -2.23. The molecule has 0 atom stereocenters. The molecule has 0 spiro atoms. The van der Waals surface area contributed by atoms with E-state index in [-0.39, 0.29) is 0 Å². The lowest BCUT2D eigenvalue weighted by atomic mass is 10.1. The fourth-order valence-electron chi connectivity index (χ4n) is 2.35. The normalized spacial score (nSPS) is 17.2. The minimum atomic E-state index is 0.701. The highest BCUT2D eigenvalue weighted by Crippen LogP contribution is 2.21. The Morgan fingerprint density at radius 2 is 1.94 bits per heavy atom. The first-order chi connectivity index (χ1) is 7.92. The summed E-state index contributed by atoms with van der Waals surface area (Å²) in [5.41, 5.74) is 6.94. The molecule has 0 aliphatic carbocycles. The Bertz CT molecular complexity index is 317. The van der Waals surface area contributed by atoms with Crippen LogP contribution in [0.1, 0.15) is 31.2 Å². The number of hydrogen-bond acceptors (Lipinski definition) is 3. The van der Waals surface area contributed by atoms with Crippen molar-refractivity contribution < 1.29 is 0 Å². The molecule has 1 saturated heterocycles. The number of pyridine rings is 1. The predicted octanol–water partition coefficient (Wildman–Crippen LogP) is 1.96. The molecule has 3 nitrogen and oxygen atoms in total. The molecule has 1 aliphatic rings.